The Morgan fingerprint density at radius 2 is 1.61 bits per heavy atom. The Morgan fingerprint density at radius 3 is 2.11 bits per heavy atom. The van der Waals surface area contributed by atoms with E-state index < -0.39 is 54.3 Å². The largest absolute Gasteiger partial charge is 0.463 e. The number of rotatable bonds is 8. The molecule has 1 aliphatic heterocycles. The second-order valence-corrected chi connectivity index (χ2v) is 6.13. The minimum Gasteiger partial charge on any atom is -0.463 e. The molecule has 1 fully saturated rings. The monoisotopic (exact) mass is 400 g/mol. The first-order chi connectivity index (χ1) is 13.1. The van der Waals surface area contributed by atoms with Crippen molar-refractivity contribution in [3.8, 4) is 0 Å². The van der Waals surface area contributed by atoms with E-state index in [0.29, 0.717) is 0 Å². The fourth-order valence-corrected chi connectivity index (χ4v) is 2.90. The maximum atomic E-state index is 11.7. The van der Waals surface area contributed by atoms with Gasteiger partial charge in [0.2, 0.25) is 5.91 Å². The lowest BCUT2D eigenvalue weighted by atomic mass is 9.90. The van der Waals surface area contributed by atoms with Crippen LogP contribution < -0.4 is 5.32 Å². The van der Waals surface area contributed by atoms with Crippen molar-refractivity contribution in [2.45, 2.75) is 64.6 Å². The molecule has 0 saturated carbocycles. The number of amides is 1. The Bertz CT molecular complexity index is 617. The third-order valence-corrected chi connectivity index (χ3v) is 3.80. The molecule has 1 aliphatic rings. The Morgan fingerprint density at radius 1 is 1.00 bits per heavy atom. The molecule has 12 nitrogen and oxygen atoms in total. The summed E-state index contributed by atoms with van der Waals surface area (Å²) in [5, 5.41) is 6.07. The van der Waals surface area contributed by atoms with Gasteiger partial charge in [-0.15, -0.1) is 0 Å². The van der Waals surface area contributed by atoms with Gasteiger partial charge in [0.1, 0.15) is 12.7 Å². The molecule has 1 N–H and O–H groups in total. The van der Waals surface area contributed by atoms with Gasteiger partial charge in [0.05, 0.1) is 12.1 Å². The van der Waals surface area contributed by atoms with Gasteiger partial charge in [0.15, 0.2) is 12.2 Å². The summed E-state index contributed by atoms with van der Waals surface area (Å²) < 4.78 is 21.5. The van der Waals surface area contributed by atoms with Gasteiger partial charge in [-0.3, -0.25) is 19.2 Å². The fourth-order valence-electron chi connectivity index (χ4n) is 2.90. The van der Waals surface area contributed by atoms with Gasteiger partial charge in [-0.2, -0.15) is 0 Å². The third kappa shape index (κ3) is 7.41. The molecule has 0 aromatic carbocycles. The van der Waals surface area contributed by atoms with E-state index in [1.54, 1.807) is 0 Å². The number of esters is 3. The molecule has 0 aliphatic carbocycles. The lowest BCUT2D eigenvalue weighted by Crippen LogP contribution is -2.66. The molecule has 12 heteroatoms. The van der Waals surface area contributed by atoms with Crippen LogP contribution in [0, 0.1) is 0 Å². The van der Waals surface area contributed by atoms with Crippen molar-refractivity contribution in [3.05, 3.63) is 10.4 Å². The van der Waals surface area contributed by atoms with E-state index in [0.717, 1.165) is 6.92 Å². The van der Waals surface area contributed by atoms with Gasteiger partial charge in [0.25, 0.3) is 0 Å². The molecule has 1 amide bonds. The Labute approximate surface area is 161 Å². The average Bonchev–Trinajstić information content (AvgIpc) is 2.57. The second-order valence-electron chi connectivity index (χ2n) is 6.13. The highest BCUT2D eigenvalue weighted by Crippen LogP contribution is 2.28. The van der Waals surface area contributed by atoms with Gasteiger partial charge in [0, 0.05) is 39.2 Å². The maximum Gasteiger partial charge on any atom is 0.303 e. The topological polar surface area (TPSA) is 166 Å². The number of nitrogens with one attached hydrogen (secondary N) is 1. The van der Waals surface area contributed by atoms with Crippen LogP contribution in [-0.4, -0.2) is 67.4 Å². The SMILES string of the molecule is CC(=O)N[C@@H]1[C@@H](OC(C)=O)[C@@H](OC(C)=O)[C@@H](COC(C)=O)O[C@@H]1CCN=[N+]=[N-]. The van der Waals surface area contributed by atoms with Crippen molar-refractivity contribution >= 4 is 23.8 Å². The van der Waals surface area contributed by atoms with Crippen molar-refractivity contribution in [1.29, 1.82) is 0 Å². The number of nitrogens with zero attached hydrogens (tertiary/aromatic N) is 3. The van der Waals surface area contributed by atoms with E-state index in [1.165, 1.54) is 20.8 Å². The number of carbonyl (C=O) groups excluding carboxylic acids is 4. The molecule has 5 atom stereocenters. The first-order valence-corrected chi connectivity index (χ1v) is 8.57. The number of carbonyl (C=O) groups is 4. The predicted molar refractivity (Wildman–Crippen MR) is 92.6 cm³/mol. The van der Waals surface area contributed by atoms with Gasteiger partial charge in [-0.1, -0.05) is 5.11 Å². The lowest BCUT2D eigenvalue weighted by molar-refractivity contribution is -0.224. The molecular weight excluding hydrogens is 376 g/mol. The minimum absolute atomic E-state index is 0.0442. The van der Waals surface area contributed by atoms with Gasteiger partial charge in [-0.05, 0) is 12.0 Å². The van der Waals surface area contributed by atoms with Crippen molar-refractivity contribution in [3.63, 3.8) is 0 Å². The van der Waals surface area contributed by atoms with Gasteiger partial charge < -0.3 is 24.3 Å². The molecule has 1 saturated heterocycles. The standard InChI is InChI=1S/C16H24N4O8/c1-8(21)19-14-12(5-6-18-20-17)28-13(7-25-9(2)22)15(26-10(3)23)16(14)27-11(4)24/h12-16H,5-7H2,1-4H3,(H,19,21)/t12-,13-,14+,15+,16-/m1/s1. The zero-order valence-corrected chi connectivity index (χ0v) is 16.1. The molecule has 0 bridgehead atoms. The van der Waals surface area contributed by atoms with E-state index in [2.05, 4.69) is 15.3 Å². The lowest BCUT2D eigenvalue weighted by Gasteiger charge is -2.45. The minimum atomic E-state index is -1.13. The fraction of sp³-hybridized carbons (Fsp3) is 0.750. The molecule has 0 unspecified atom stereocenters. The highest BCUT2D eigenvalue weighted by Gasteiger charge is 2.50. The van der Waals surface area contributed by atoms with Crippen molar-refractivity contribution in [2.24, 2.45) is 5.11 Å². The summed E-state index contributed by atoms with van der Waals surface area (Å²) in [4.78, 5) is 48.8. The summed E-state index contributed by atoms with van der Waals surface area (Å²) >= 11 is 0. The molecule has 0 aromatic heterocycles. The first kappa shape index (κ1) is 23.2. The summed E-state index contributed by atoms with van der Waals surface area (Å²) in [6.45, 7) is 4.57. The van der Waals surface area contributed by atoms with Crippen LogP contribution in [0.1, 0.15) is 34.1 Å². The summed E-state index contributed by atoms with van der Waals surface area (Å²) in [6, 6.07) is -0.881. The number of ether oxygens (including phenoxy) is 4. The summed E-state index contributed by atoms with van der Waals surface area (Å²) in [6.07, 6.45) is -3.77. The van der Waals surface area contributed by atoms with E-state index in [9.17, 15) is 19.2 Å². The number of hydrogen-bond donors (Lipinski definition) is 1. The van der Waals surface area contributed by atoms with Crippen LogP contribution in [0.2, 0.25) is 0 Å². The zero-order chi connectivity index (χ0) is 21.3. The summed E-state index contributed by atoms with van der Waals surface area (Å²) in [5.41, 5.74) is 8.48. The normalized spacial score (nSPS) is 26.4. The smallest absolute Gasteiger partial charge is 0.303 e. The second kappa shape index (κ2) is 11.1. The molecule has 28 heavy (non-hydrogen) atoms. The van der Waals surface area contributed by atoms with Crippen molar-refractivity contribution < 1.29 is 38.1 Å². The Hall–Kier alpha value is -2.85. The van der Waals surface area contributed by atoms with Crippen LogP contribution in [-0.2, 0) is 38.1 Å². The molecule has 0 aromatic rings. The first-order valence-electron chi connectivity index (χ1n) is 8.57. The van der Waals surface area contributed by atoms with Crippen LogP contribution in [0.4, 0.5) is 0 Å². The van der Waals surface area contributed by atoms with E-state index in [-0.39, 0.29) is 19.6 Å². The van der Waals surface area contributed by atoms with Crippen LogP contribution >= 0.6 is 0 Å². The number of azide groups is 1. The summed E-state index contributed by atoms with van der Waals surface area (Å²) in [7, 11) is 0. The Kier molecular flexibility index (Phi) is 9.19. The molecule has 1 rings (SSSR count). The van der Waals surface area contributed by atoms with E-state index in [4.69, 9.17) is 24.5 Å². The van der Waals surface area contributed by atoms with Gasteiger partial charge >= 0.3 is 17.9 Å². The van der Waals surface area contributed by atoms with Gasteiger partial charge in [-0.25, -0.2) is 0 Å². The number of hydrogen-bond acceptors (Lipinski definition) is 9. The highest BCUT2D eigenvalue weighted by molar-refractivity contribution is 5.73. The molecule has 0 radical (unpaired) electrons. The summed E-state index contributed by atoms with van der Waals surface area (Å²) in [5.74, 6) is -2.35. The highest BCUT2D eigenvalue weighted by atomic mass is 16.6. The molecular formula is C16H24N4O8. The zero-order valence-electron chi connectivity index (χ0n) is 16.1. The van der Waals surface area contributed by atoms with Crippen LogP contribution in [0.5, 0.6) is 0 Å². The molecule has 156 valence electrons. The van der Waals surface area contributed by atoms with Crippen LogP contribution in [0.25, 0.3) is 10.4 Å². The maximum absolute atomic E-state index is 11.7. The van der Waals surface area contributed by atoms with Crippen LogP contribution in [0.15, 0.2) is 5.11 Å². The Balaban J connectivity index is 3.26. The third-order valence-electron chi connectivity index (χ3n) is 3.80. The molecule has 1 heterocycles. The van der Waals surface area contributed by atoms with Crippen molar-refractivity contribution in [1.82, 2.24) is 5.32 Å². The van der Waals surface area contributed by atoms with Crippen molar-refractivity contribution in [2.75, 3.05) is 13.2 Å². The molecule has 0 spiro atoms. The predicted octanol–water partition coefficient (Wildman–Crippen LogP) is 0.385. The average molecular weight is 400 g/mol. The quantitative estimate of drug-likeness (QED) is 0.201. The van der Waals surface area contributed by atoms with E-state index in [1.807, 2.05) is 0 Å². The van der Waals surface area contributed by atoms with E-state index >= 15 is 0 Å². The van der Waals surface area contributed by atoms with Crippen LogP contribution in [0.3, 0.4) is 0 Å².